The second-order valence-electron chi connectivity index (χ2n) is 10.6. The fourth-order valence-corrected chi connectivity index (χ4v) is 4.08. The number of pyridine rings is 1. The summed E-state index contributed by atoms with van der Waals surface area (Å²) in [7, 11) is 0. The van der Waals surface area contributed by atoms with E-state index in [2.05, 4.69) is 45.3 Å². The zero-order chi connectivity index (χ0) is 24.6. The summed E-state index contributed by atoms with van der Waals surface area (Å²) in [6.45, 7) is 12.2. The maximum absolute atomic E-state index is 13.7. The second kappa shape index (κ2) is 9.20. The van der Waals surface area contributed by atoms with E-state index in [-0.39, 0.29) is 29.3 Å². The molecule has 180 valence electrons. The number of aryl methyl sites for hydroxylation is 1. The van der Waals surface area contributed by atoms with Crippen molar-refractivity contribution in [2.45, 2.75) is 84.3 Å². The van der Waals surface area contributed by atoms with Gasteiger partial charge in [-0.05, 0) is 58.1 Å². The van der Waals surface area contributed by atoms with Gasteiger partial charge in [-0.2, -0.15) is 5.10 Å². The topological polar surface area (TPSA) is 88.9 Å². The van der Waals surface area contributed by atoms with Crippen LogP contribution >= 0.6 is 0 Å². The number of amides is 2. The molecule has 1 saturated carbocycles. The predicted molar refractivity (Wildman–Crippen MR) is 134 cm³/mol. The molecular formula is C27H35N5O2. The van der Waals surface area contributed by atoms with Crippen LogP contribution < -0.4 is 10.6 Å². The van der Waals surface area contributed by atoms with Gasteiger partial charge in [0.15, 0.2) is 5.65 Å². The minimum atomic E-state index is -0.667. The highest BCUT2D eigenvalue weighted by Gasteiger charge is 2.30. The Kier molecular flexibility index (Phi) is 6.47. The molecule has 1 atom stereocenters. The van der Waals surface area contributed by atoms with Crippen molar-refractivity contribution >= 4 is 22.8 Å². The third-order valence-electron chi connectivity index (χ3n) is 6.13. The summed E-state index contributed by atoms with van der Waals surface area (Å²) < 4.78 is 1.89. The van der Waals surface area contributed by atoms with Crippen molar-refractivity contribution in [3.05, 3.63) is 58.9 Å². The van der Waals surface area contributed by atoms with E-state index in [1.165, 1.54) is 0 Å². The molecule has 0 bridgehead atoms. The van der Waals surface area contributed by atoms with Crippen molar-refractivity contribution in [2.75, 3.05) is 0 Å². The molecular weight excluding hydrogens is 426 g/mol. The highest BCUT2D eigenvalue weighted by Crippen LogP contribution is 2.29. The maximum atomic E-state index is 13.7. The van der Waals surface area contributed by atoms with Crippen LogP contribution in [0, 0.1) is 6.92 Å². The van der Waals surface area contributed by atoms with Crippen LogP contribution in [0.1, 0.15) is 80.7 Å². The Labute approximate surface area is 201 Å². The molecule has 1 aliphatic rings. The molecule has 1 unspecified atom stereocenters. The van der Waals surface area contributed by atoms with Crippen LogP contribution in [-0.4, -0.2) is 38.7 Å². The molecule has 0 aliphatic heterocycles. The van der Waals surface area contributed by atoms with Gasteiger partial charge in [0.05, 0.1) is 22.2 Å². The van der Waals surface area contributed by atoms with Crippen molar-refractivity contribution in [3.63, 3.8) is 0 Å². The number of carbonyl (C=O) groups is 2. The number of hydrogen-bond donors (Lipinski definition) is 2. The predicted octanol–water partition coefficient (Wildman–Crippen LogP) is 4.24. The average Bonchev–Trinajstić information content (AvgIpc) is 3.52. The molecule has 2 aromatic heterocycles. The van der Waals surface area contributed by atoms with E-state index in [1.807, 2.05) is 48.0 Å². The first-order valence-electron chi connectivity index (χ1n) is 12.1. The number of aromatic nitrogens is 3. The molecule has 0 saturated heterocycles. The molecule has 4 rings (SSSR count). The molecule has 1 aromatic carbocycles. The van der Waals surface area contributed by atoms with E-state index < -0.39 is 6.04 Å². The van der Waals surface area contributed by atoms with Crippen molar-refractivity contribution in [3.8, 4) is 0 Å². The van der Waals surface area contributed by atoms with Crippen molar-refractivity contribution < 1.29 is 9.59 Å². The largest absolute Gasteiger partial charge is 0.352 e. The van der Waals surface area contributed by atoms with Gasteiger partial charge >= 0.3 is 0 Å². The Morgan fingerprint density at radius 2 is 1.82 bits per heavy atom. The number of nitrogens with zero attached hydrogens (tertiary/aromatic N) is 3. The summed E-state index contributed by atoms with van der Waals surface area (Å²) in [5.74, 6) is -0.285. The van der Waals surface area contributed by atoms with Crippen LogP contribution in [0.2, 0.25) is 0 Å². The lowest BCUT2D eigenvalue weighted by Crippen LogP contribution is -2.48. The van der Waals surface area contributed by atoms with Crippen LogP contribution in [0.3, 0.4) is 0 Å². The van der Waals surface area contributed by atoms with Gasteiger partial charge in [-0.15, -0.1) is 0 Å². The first-order chi connectivity index (χ1) is 16.0. The highest BCUT2D eigenvalue weighted by atomic mass is 16.2. The smallest absolute Gasteiger partial charge is 0.252 e. The van der Waals surface area contributed by atoms with Gasteiger partial charge in [0.2, 0.25) is 5.91 Å². The third-order valence-corrected chi connectivity index (χ3v) is 6.13. The molecule has 7 nitrogen and oxygen atoms in total. The zero-order valence-corrected chi connectivity index (χ0v) is 21.0. The first kappa shape index (κ1) is 23.9. The summed E-state index contributed by atoms with van der Waals surface area (Å²) in [5.41, 5.74) is 3.49. The van der Waals surface area contributed by atoms with Gasteiger partial charge in [-0.3, -0.25) is 9.59 Å². The van der Waals surface area contributed by atoms with Crippen LogP contribution in [0.15, 0.2) is 36.4 Å². The fourth-order valence-electron chi connectivity index (χ4n) is 4.08. The van der Waals surface area contributed by atoms with E-state index in [0.717, 1.165) is 35.2 Å². The normalized spacial score (nSPS) is 14.9. The number of nitrogens with one attached hydrogen (secondary N) is 2. The van der Waals surface area contributed by atoms with E-state index in [4.69, 9.17) is 10.1 Å². The lowest BCUT2D eigenvalue weighted by atomic mass is 10.0. The molecule has 1 fully saturated rings. The third kappa shape index (κ3) is 5.13. The van der Waals surface area contributed by atoms with E-state index >= 15 is 0 Å². The summed E-state index contributed by atoms with van der Waals surface area (Å²) in [6, 6.07) is 11.2. The van der Waals surface area contributed by atoms with Crippen LogP contribution in [0.5, 0.6) is 0 Å². The monoisotopic (exact) mass is 461 g/mol. The van der Waals surface area contributed by atoms with Crippen LogP contribution in [0.25, 0.3) is 11.0 Å². The van der Waals surface area contributed by atoms with Gasteiger partial charge in [0.25, 0.3) is 5.91 Å². The number of carbonyl (C=O) groups excluding carboxylic acids is 2. The Balaban J connectivity index is 1.73. The molecule has 1 aliphatic carbocycles. The quantitative estimate of drug-likeness (QED) is 0.551. The summed E-state index contributed by atoms with van der Waals surface area (Å²) in [5, 5.41) is 11.5. The number of hydrogen-bond acceptors (Lipinski definition) is 4. The molecule has 0 radical (unpaired) electrons. The Hall–Kier alpha value is -3.22. The van der Waals surface area contributed by atoms with E-state index in [1.54, 1.807) is 0 Å². The Bertz CT molecular complexity index is 1200. The molecule has 2 N–H and O–H groups in total. The van der Waals surface area contributed by atoms with Gasteiger partial charge < -0.3 is 10.6 Å². The highest BCUT2D eigenvalue weighted by molar-refractivity contribution is 6.08. The SMILES string of the molecule is Cc1nn(C(C)(C)C)c2nc(C(C)C)cc(C(=O)NC(Cc3ccccc3)C(=O)NC3CC3)c12. The van der Waals surface area contributed by atoms with Crippen LogP contribution in [-0.2, 0) is 16.8 Å². The summed E-state index contributed by atoms with van der Waals surface area (Å²) >= 11 is 0. The first-order valence-corrected chi connectivity index (χ1v) is 12.1. The van der Waals surface area contributed by atoms with Crippen molar-refractivity contribution in [2.24, 2.45) is 0 Å². The second-order valence-corrected chi connectivity index (χ2v) is 10.6. The minimum Gasteiger partial charge on any atom is -0.352 e. The Morgan fingerprint density at radius 1 is 1.15 bits per heavy atom. The Morgan fingerprint density at radius 3 is 2.41 bits per heavy atom. The average molecular weight is 462 g/mol. The van der Waals surface area contributed by atoms with E-state index in [9.17, 15) is 9.59 Å². The van der Waals surface area contributed by atoms with Crippen molar-refractivity contribution in [1.82, 2.24) is 25.4 Å². The molecule has 7 heteroatoms. The van der Waals surface area contributed by atoms with Gasteiger partial charge in [-0.1, -0.05) is 44.2 Å². The van der Waals surface area contributed by atoms with Crippen molar-refractivity contribution in [1.29, 1.82) is 0 Å². The lowest BCUT2D eigenvalue weighted by molar-refractivity contribution is -0.123. The maximum Gasteiger partial charge on any atom is 0.252 e. The summed E-state index contributed by atoms with van der Waals surface area (Å²) in [4.78, 5) is 31.6. The number of rotatable bonds is 7. The minimum absolute atomic E-state index is 0.137. The number of fused-ring (bicyclic) bond motifs is 1. The molecule has 0 spiro atoms. The lowest BCUT2D eigenvalue weighted by Gasteiger charge is -2.21. The molecule has 34 heavy (non-hydrogen) atoms. The fraction of sp³-hybridized carbons (Fsp3) is 0.481. The van der Waals surface area contributed by atoms with E-state index in [0.29, 0.717) is 17.6 Å². The summed E-state index contributed by atoms with van der Waals surface area (Å²) in [6.07, 6.45) is 2.41. The number of benzene rings is 1. The standard InChI is InChI=1S/C27H35N5O2/c1-16(2)21-15-20(23-17(3)31-32(24(23)29-21)27(4,5)6)25(33)30-22(26(34)28-19-12-13-19)14-18-10-8-7-9-11-18/h7-11,15-16,19,22H,12-14H2,1-6H3,(H,28,34)(H,30,33). The molecule has 2 heterocycles. The molecule has 3 aromatic rings. The zero-order valence-electron chi connectivity index (χ0n) is 21.0. The molecule has 2 amide bonds. The van der Waals surface area contributed by atoms with Gasteiger partial charge in [0.1, 0.15) is 6.04 Å². The van der Waals surface area contributed by atoms with Gasteiger partial charge in [0, 0.05) is 18.2 Å². The van der Waals surface area contributed by atoms with Crippen LogP contribution in [0.4, 0.5) is 0 Å². The van der Waals surface area contributed by atoms with Gasteiger partial charge in [-0.25, -0.2) is 9.67 Å².